The Kier molecular flexibility index (Phi) is 5.78. The number of nitrogens with one attached hydrogen (secondary N) is 2. The number of aromatic amines is 1. The van der Waals surface area contributed by atoms with Crippen LogP contribution < -0.4 is 5.32 Å². The summed E-state index contributed by atoms with van der Waals surface area (Å²) >= 11 is 0. The third kappa shape index (κ3) is 4.88. The first-order chi connectivity index (χ1) is 10.2. The summed E-state index contributed by atoms with van der Waals surface area (Å²) in [5, 5.41) is 3.06. The van der Waals surface area contributed by atoms with E-state index in [4.69, 9.17) is 0 Å². The van der Waals surface area contributed by atoms with Crippen molar-refractivity contribution in [1.82, 2.24) is 15.3 Å². The highest BCUT2D eigenvalue weighted by Gasteiger charge is 2.09. The first kappa shape index (κ1) is 15.5. The monoisotopic (exact) mass is 287 g/mol. The summed E-state index contributed by atoms with van der Waals surface area (Å²) in [6, 6.07) is 8.19. The van der Waals surface area contributed by atoms with E-state index in [1.54, 1.807) is 0 Å². The topological polar surface area (TPSA) is 57.8 Å². The van der Waals surface area contributed by atoms with Gasteiger partial charge in [-0.15, -0.1) is 0 Å². The van der Waals surface area contributed by atoms with Crippen LogP contribution in [0.4, 0.5) is 0 Å². The Labute approximate surface area is 126 Å². The third-order valence-electron chi connectivity index (χ3n) is 3.68. The molecule has 0 aliphatic carbocycles. The Morgan fingerprint density at radius 2 is 2.14 bits per heavy atom. The Morgan fingerprint density at radius 1 is 1.33 bits per heavy atom. The predicted molar refractivity (Wildman–Crippen MR) is 86.2 cm³/mol. The van der Waals surface area contributed by atoms with Crippen LogP contribution in [0.15, 0.2) is 24.3 Å². The minimum absolute atomic E-state index is 0.111. The molecular formula is C17H25N3O. The van der Waals surface area contributed by atoms with Crippen molar-refractivity contribution in [3.63, 3.8) is 0 Å². The molecule has 21 heavy (non-hydrogen) atoms. The lowest BCUT2D eigenvalue weighted by atomic mass is 10.1. The zero-order valence-electron chi connectivity index (χ0n) is 13.0. The van der Waals surface area contributed by atoms with Crippen LogP contribution in [0.5, 0.6) is 0 Å². The van der Waals surface area contributed by atoms with Gasteiger partial charge in [0.15, 0.2) is 0 Å². The summed E-state index contributed by atoms with van der Waals surface area (Å²) in [5.41, 5.74) is 1.99. The lowest BCUT2D eigenvalue weighted by Gasteiger charge is -2.13. The van der Waals surface area contributed by atoms with E-state index in [0.29, 0.717) is 12.8 Å². The third-order valence-corrected chi connectivity index (χ3v) is 3.68. The molecule has 1 amide bonds. The summed E-state index contributed by atoms with van der Waals surface area (Å²) in [6.45, 7) is 4.27. The minimum atomic E-state index is 0.111. The first-order valence-electron chi connectivity index (χ1n) is 7.92. The van der Waals surface area contributed by atoms with Gasteiger partial charge < -0.3 is 10.3 Å². The van der Waals surface area contributed by atoms with Crippen LogP contribution >= 0.6 is 0 Å². The number of unbranched alkanes of at least 4 members (excludes halogenated alkanes) is 2. The number of H-pyrrole nitrogens is 1. The number of nitrogens with zero attached hydrogens (tertiary/aromatic N) is 1. The van der Waals surface area contributed by atoms with Gasteiger partial charge in [0, 0.05) is 18.9 Å². The largest absolute Gasteiger partial charge is 0.354 e. The van der Waals surface area contributed by atoms with Crippen LogP contribution in [0, 0.1) is 0 Å². The van der Waals surface area contributed by atoms with E-state index in [-0.39, 0.29) is 11.9 Å². The Hall–Kier alpha value is -1.84. The fourth-order valence-electron chi connectivity index (χ4n) is 2.48. The number of hydrogen-bond acceptors (Lipinski definition) is 2. The molecule has 0 fully saturated rings. The fourth-order valence-corrected chi connectivity index (χ4v) is 2.48. The molecule has 4 nitrogen and oxygen atoms in total. The molecule has 0 radical (unpaired) electrons. The quantitative estimate of drug-likeness (QED) is 0.729. The molecule has 0 saturated carbocycles. The number of rotatable bonds is 8. The van der Waals surface area contributed by atoms with Crippen LogP contribution in [0.25, 0.3) is 11.0 Å². The van der Waals surface area contributed by atoms with Gasteiger partial charge in [0.1, 0.15) is 5.82 Å². The first-order valence-corrected chi connectivity index (χ1v) is 7.92. The highest BCUT2D eigenvalue weighted by Crippen LogP contribution is 2.11. The Balaban J connectivity index is 1.75. The van der Waals surface area contributed by atoms with Crippen LogP contribution in [0.2, 0.25) is 0 Å². The van der Waals surface area contributed by atoms with Crippen molar-refractivity contribution in [2.75, 3.05) is 0 Å². The molecule has 0 aliphatic rings. The van der Waals surface area contributed by atoms with Crippen LogP contribution in [-0.2, 0) is 11.2 Å². The minimum Gasteiger partial charge on any atom is -0.354 e. The van der Waals surface area contributed by atoms with E-state index < -0.39 is 0 Å². The molecule has 1 heterocycles. The van der Waals surface area contributed by atoms with Gasteiger partial charge in [0.25, 0.3) is 0 Å². The maximum absolute atomic E-state index is 11.9. The van der Waals surface area contributed by atoms with Gasteiger partial charge in [-0.25, -0.2) is 4.98 Å². The molecule has 1 aromatic carbocycles. The van der Waals surface area contributed by atoms with Crippen LogP contribution in [-0.4, -0.2) is 21.9 Å². The zero-order chi connectivity index (χ0) is 15.1. The molecule has 0 spiro atoms. The Morgan fingerprint density at radius 3 is 2.90 bits per heavy atom. The zero-order valence-corrected chi connectivity index (χ0v) is 13.0. The molecule has 1 atom stereocenters. The van der Waals surface area contributed by atoms with Crippen molar-refractivity contribution in [1.29, 1.82) is 0 Å². The highest BCUT2D eigenvalue weighted by atomic mass is 16.1. The van der Waals surface area contributed by atoms with Gasteiger partial charge >= 0.3 is 0 Å². The molecule has 4 heteroatoms. The van der Waals surface area contributed by atoms with Crippen molar-refractivity contribution in [3.05, 3.63) is 30.1 Å². The van der Waals surface area contributed by atoms with Gasteiger partial charge in [-0.2, -0.15) is 0 Å². The summed E-state index contributed by atoms with van der Waals surface area (Å²) in [4.78, 5) is 19.7. The number of para-hydroxylation sites is 2. The molecule has 114 valence electrons. The molecule has 0 aliphatic heterocycles. The number of fused-ring (bicyclic) bond motifs is 1. The van der Waals surface area contributed by atoms with E-state index >= 15 is 0 Å². The predicted octanol–water partition coefficient (Wildman–Crippen LogP) is 3.58. The maximum Gasteiger partial charge on any atom is 0.220 e. The second-order valence-electron chi connectivity index (χ2n) is 5.66. The fraction of sp³-hybridized carbons (Fsp3) is 0.529. The van der Waals surface area contributed by atoms with Crippen LogP contribution in [0.1, 0.15) is 51.8 Å². The number of carbonyl (C=O) groups is 1. The maximum atomic E-state index is 11.9. The standard InChI is InChI=1S/C17H25N3O/c1-3-4-5-8-13(2)18-17(21)12-11-16-19-14-9-6-7-10-15(14)20-16/h6-7,9-10,13H,3-5,8,11-12H2,1-2H3,(H,18,21)(H,19,20). The van der Waals surface area contributed by atoms with Crippen LogP contribution in [0.3, 0.4) is 0 Å². The van der Waals surface area contributed by atoms with Gasteiger partial charge in [-0.3, -0.25) is 4.79 Å². The van der Waals surface area contributed by atoms with E-state index in [1.165, 1.54) is 19.3 Å². The number of benzene rings is 1. The molecule has 1 aromatic heterocycles. The normalized spacial score (nSPS) is 12.5. The van der Waals surface area contributed by atoms with E-state index in [9.17, 15) is 4.79 Å². The van der Waals surface area contributed by atoms with Gasteiger partial charge in [-0.1, -0.05) is 38.3 Å². The second-order valence-corrected chi connectivity index (χ2v) is 5.66. The van der Waals surface area contributed by atoms with E-state index in [0.717, 1.165) is 23.3 Å². The summed E-state index contributed by atoms with van der Waals surface area (Å²) in [7, 11) is 0. The molecule has 2 rings (SSSR count). The lowest BCUT2D eigenvalue weighted by Crippen LogP contribution is -2.32. The average Bonchev–Trinajstić information content (AvgIpc) is 2.88. The number of aryl methyl sites for hydroxylation is 1. The molecule has 0 bridgehead atoms. The van der Waals surface area contributed by atoms with E-state index in [1.807, 2.05) is 24.3 Å². The van der Waals surface area contributed by atoms with Crippen molar-refractivity contribution >= 4 is 16.9 Å². The second kappa shape index (κ2) is 7.81. The number of amides is 1. The van der Waals surface area contributed by atoms with Crippen molar-refractivity contribution < 1.29 is 4.79 Å². The molecule has 2 N–H and O–H groups in total. The van der Waals surface area contributed by atoms with Crippen molar-refractivity contribution in [2.45, 2.75) is 58.4 Å². The summed E-state index contributed by atoms with van der Waals surface area (Å²) < 4.78 is 0. The van der Waals surface area contributed by atoms with Gasteiger partial charge in [0.05, 0.1) is 11.0 Å². The Bertz CT molecular complexity index is 543. The smallest absolute Gasteiger partial charge is 0.220 e. The van der Waals surface area contributed by atoms with Gasteiger partial charge in [-0.05, 0) is 25.5 Å². The average molecular weight is 287 g/mol. The number of aromatic nitrogens is 2. The highest BCUT2D eigenvalue weighted by molar-refractivity contribution is 5.77. The molecule has 2 aromatic rings. The summed E-state index contributed by atoms with van der Waals surface area (Å²) in [5.74, 6) is 0.990. The number of imidazole rings is 1. The van der Waals surface area contributed by atoms with E-state index in [2.05, 4.69) is 29.1 Å². The number of hydrogen-bond donors (Lipinski definition) is 2. The molecule has 1 unspecified atom stereocenters. The SMILES string of the molecule is CCCCCC(C)NC(=O)CCc1nc2ccccc2[nH]1. The summed E-state index contributed by atoms with van der Waals surface area (Å²) in [6.07, 6.45) is 5.83. The lowest BCUT2D eigenvalue weighted by molar-refractivity contribution is -0.121. The van der Waals surface area contributed by atoms with Crippen molar-refractivity contribution in [3.8, 4) is 0 Å². The van der Waals surface area contributed by atoms with Crippen molar-refractivity contribution in [2.24, 2.45) is 0 Å². The number of carbonyl (C=O) groups excluding carboxylic acids is 1. The molecule has 0 saturated heterocycles. The van der Waals surface area contributed by atoms with Gasteiger partial charge in [0.2, 0.25) is 5.91 Å². The molecular weight excluding hydrogens is 262 g/mol.